The summed E-state index contributed by atoms with van der Waals surface area (Å²) in [6, 6.07) is 5.85. The highest BCUT2D eigenvalue weighted by Gasteiger charge is 2.34. The van der Waals surface area contributed by atoms with Crippen molar-refractivity contribution >= 4 is 23.2 Å². The molecule has 0 radical (unpaired) electrons. The van der Waals surface area contributed by atoms with Gasteiger partial charge in [-0.1, -0.05) is 30.9 Å². The van der Waals surface area contributed by atoms with Crippen molar-refractivity contribution in [3.8, 4) is 6.07 Å². The fraction of sp³-hybridized carbons (Fsp3) is 0.429. The number of carbonyl (C=O) groups excluding carboxylic acids is 1. The van der Waals surface area contributed by atoms with Crippen molar-refractivity contribution in [2.45, 2.75) is 37.6 Å². The number of hydrogen-bond acceptors (Lipinski definition) is 4. The zero-order valence-corrected chi connectivity index (χ0v) is 12.0. The van der Waals surface area contributed by atoms with Crippen LogP contribution in [0.3, 0.4) is 0 Å². The van der Waals surface area contributed by atoms with Crippen LogP contribution in [0.2, 0.25) is 5.02 Å². The molecule has 6 nitrogen and oxygen atoms in total. The lowest BCUT2D eigenvalue weighted by Crippen LogP contribution is -2.48. The average molecular weight is 308 g/mol. The number of non-ortho nitro benzene ring substituents is 1. The van der Waals surface area contributed by atoms with Gasteiger partial charge >= 0.3 is 0 Å². The molecule has 1 aromatic rings. The van der Waals surface area contributed by atoms with E-state index in [1.165, 1.54) is 12.1 Å². The number of nitriles is 1. The number of halogens is 1. The molecular weight excluding hydrogens is 294 g/mol. The van der Waals surface area contributed by atoms with Crippen molar-refractivity contribution in [3.05, 3.63) is 38.9 Å². The van der Waals surface area contributed by atoms with E-state index in [9.17, 15) is 20.2 Å². The first-order valence-corrected chi connectivity index (χ1v) is 7.03. The highest BCUT2D eigenvalue weighted by atomic mass is 35.5. The van der Waals surface area contributed by atoms with E-state index in [1.807, 2.05) is 0 Å². The predicted molar refractivity (Wildman–Crippen MR) is 77.0 cm³/mol. The van der Waals surface area contributed by atoms with E-state index in [0.29, 0.717) is 12.8 Å². The molecule has 1 N–H and O–H groups in total. The molecule has 0 aliphatic heterocycles. The van der Waals surface area contributed by atoms with E-state index in [0.717, 1.165) is 25.3 Å². The second-order valence-corrected chi connectivity index (χ2v) is 5.54. The molecule has 1 amide bonds. The van der Waals surface area contributed by atoms with E-state index < -0.39 is 16.4 Å². The fourth-order valence-corrected chi connectivity index (χ4v) is 2.71. The lowest BCUT2D eigenvalue weighted by atomic mass is 9.82. The van der Waals surface area contributed by atoms with E-state index in [1.54, 1.807) is 0 Å². The fourth-order valence-electron chi connectivity index (χ4n) is 2.51. The Morgan fingerprint density at radius 3 is 2.62 bits per heavy atom. The number of nitrogens with zero attached hydrogens (tertiary/aromatic N) is 2. The molecule has 0 saturated heterocycles. The highest BCUT2D eigenvalue weighted by molar-refractivity contribution is 6.34. The Morgan fingerprint density at radius 1 is 1.38 bits per heavy atom. The Bertz CT molecular complexity index is 618. The summed E-state index contributed by atoms with van der Waals surface area (Å²) >= 11 is 5.94. The van der Waals surface area contributed by atoms with Crippen LogP contribution in [-0.4, -0.2) is 16.4 Å². The van der Waals surface area contributed by atoms with E-state index in [4.69, 9.17) is 11.6 Å². The molecule has 0 unspecified atom stereocenters. The Morgan fingerprint density at radius 2 is 2.05 bits per heavy atom. The third kappa shape index (κ3) is 3.31. The lowest BCUT2D eigenvalue weighted by molar-refractivity contribution is -0.384. The van der Waals surface area contributed by atoms with Gasteiger partial charge in [-0.05, 0) is 18.9 Å². The first kappa shape index (κ1) is 15.3. The normalized spacial score (nSPS) is 16.8. The van der Waals surface area contributed by atoms with E-state index in [2.05, 4.69) is 11.4 Å². The van der Waals surface area contributed by atoms with Crippen LogP contribution in [0.15, 0.2) is 18.2 Å². The van der Waals surface area contributed by atoms with Crippen molar-refractivity contribution in [1.82, 2.24) is 5.32 Å². The van der Waals surface area contributed by atoms with Gasteiger partial charge in [-0.3, -0.25) is 14.9 Å². The zero-order valence-electron chi connectivity index (χ0n) is 11.3. The van der Waals surface area contributed by atoms with Crippen LogP contribution in [0.25, 0.3) is 0 Å². The minimum atomic E-state index is -0.900. The number of nitro benzene ring substituents is 1. The maximum Gasteiger partial charge on any atom is 0.270 e. The smallest absolute Gasteiger partial charge is 0.270 e. The molecule has 2 rings (SSSR count). The third-order valence-electron chi connectivity index (χ3n) is 3.68. The van der Waals surface area contributed by atoms with Crippen LogP contribution in [0.5, 0.6) is 0 Å². The van der Waals surface area contributed by atoms with Crippen LogP contribution in [0.1, 0.15) is 42.5 Å². The zero-order chi connectivity index (χ0) is 15.5. The van der Waals surface area contributed by atoms with Crippen LogP contribution in [-0.2, 0) is 0 Å². The molecule has 0 spiro atoms. The summed E-state index contributed by atoms with van der Waals surface area (Å²) in [6.07, 6.45) is 3.95. The Kier molecular flexibility index (Phi) is 4.43. The van der Waals surface area contributed by atoms with Crippen LogP contribution < -0.4 is 5.32 Å². The quantitative estimate of drug-likeness (QED) is 0.685. The minimum absolute atomic E-state index is 0.0195. The van der Waals surface area contributed by atoms with Gasteiger partial charge in [0.25, 0.3) is 11.6 Å². The van der Waals surface area contributed by atoms with Gasteiger partial charge in [-0.2, -0.15) is 5.26 Å². The molecule has 1 aromatic carbocycles. The van der Waals surface area contributed by atoms with Gasteiger partial charge in [0.05, 0.1) is 21.6 Å². The van der Waals surface area contributed by atoms with Gasteiger partial charge < -0.3 is 5.32 Å². The molecule has 0 bridgehead atoms. The Hall–Kier alpha value is -2.13. The topological polar surface area (TPSA) is 96.0 Å². The van der Waals surface area contributed by atoms with Crippen LogP contribution >= 0.6 is 11.6 Å². The number of amides is 1. The van der Waals surface area contributed by atoms with Crippen molar-refractivity contribution < 1.29 is 9.72 Å². The molecule has 0 heterocycles. The first-order chi connectivity index (χ1) is 9.97. The Balaban J connectivity index is 2.26. The summed E-state index contributed by atoms with van der Waals surface area (Å²) in [5.74, 6) is -0.549. The molecule has 0 aromatic heterocycles. The summed E-state index contributed by atoms with van der Waals surface area (Å²) in [7, 11) is 0. The maximum absolute atomic E-state index is 12.3. The lowest BCUT2D eigenvalue weighted by Gasteiger charge is -2.31. The summed E-state index contributed by atoms with van der Waals surface area (Å²) in [4.78, 5) is 22.5. The molecule has 110 valence electrons. The van der Waals surface area contributed by atoms with Crippen molar-refractivity contribution in [3.63, 3.8) is 0 Å². The number of rotatable bonds is 3. The van der Waals surface area contributed by atoms with Crippen molar-refractivity contribution in [2.75, 3.05) is 0 Å². The number of nitrogens with one attached hydrogen (secondary N) is 1. The summed E-state index contributed by atoms with van der Waals surface area (Å²) in [6.45, 7) is 0. The molecule has 21 heavy (non-hydrogen) atoms. The van der Waals surface area contributed by atoms with Crippen molar-refractivity contribution in [1.29, 1.82) is 5.26 Å². The maximum atomic E-state index is 12.3. The molecule has 0 atom stereocenters. The van der Waals surface area contributed by atoms with Gasteiger partial charge in [0.1, 0.15) is 5.54 Å². The monoisotopic (exact) mass is 307 g/mol. The summed E-state index contributed by atoms with van der Waals surface area (Å²) < 4.78 is 0. The molecule has 1 aliphatic carbocycles. The number of nitro groups is 1. The first-order valence-electron chi connectivity index (χ1n) is 6.65. The average Bonchev–Trinajstić information content (AvgIpc) is 2.48. The van der Waals surface area contributed by atoms with Gasteiger partial charge in [0, 0.05) is 12.1 Å². The van der Waals surface area contributed by atoms with Crippen LogP contribution in [0.4, 0.5) is 5.69 Å². The van der Waals surface area contributed by atoms with Gasteiger partial charge in [-0.25, -0.2) is 0 Å². The minimum Gasteiger partial charge on any atom is -0.334 e. The summed E-state index contributed by atoms with van der Waals surface area (Å²) in [5.41, 5.74) is -1.09. The number of carbonyl (C=O) groups is 1. The third-order valence-corrected chi connectivity index (χ3v) is 4.01. The SMILES string of the molecule is N#CC1(NC(=O)c2cc([N+](=O)[O-])ccc2Cl)CCCCC1. The molecule has 7 heteroatoms. The highest BCUT2D eigenvalue weighted by Crippen LogP contribution is 2.29. The van der Waals surface area contributed by atoms with E-state index >= 15 is 0 Å². The van der Waals surface area contributed by atoms with E-state index in [-0.39, 0.29) is 16.3 Å². The number of benzene rings is 1. The number of hydrogen-bond donors (Lipinski definition) is 1. The summed E-state index contributed by atoms with van der Waals surface area (Å²) in [5, 5.41) is 22.9. The second-order valence-electron chi connectivity index (χ2n) is 5.13. The largest absolute Gasteiger partial charge is 0.334 e. The molecular formula is C14H14ClN3O3. The molecule has 1 aliphatic rings. The molecule has 1 saturated carbocycles. The Labute approximate surface area is 126 Å². The molecule has 1 fully saturated rings. The van der Waals surface area contributed by atoms with Crippen LogP contribution in [0, 0.1) is 21.4 Å². The standard InChI is InChI=1S/C14H14ClN3O3/c15-12-5-4-10(18(20)21)8-11(12)13(19)17-14(9-16)6-2-1-3-7-14/h4-5,8H,1-3,6-7H2,(H,17,19). The predicted octanol–water partition coefficient (Wildman–Crippen LogP) is 3.20. The van der Waals surface area contributed by atoms with Gasteiger partial charge in [0.2, 0.25) is 0 Å². The second kappa shape index (κ2) is 6.10. The van der Waals surface area contributed by atoms with Crippen molar-refractivity contribution in [2.24, 2.45) is 0 Å². The van der Waals surface area contributed by atoms with Gasteiger partial charge in [-0.15, -0.1) is 0 Å². The van der Waals surface area contributed by atoms with Gasteiger partial charge in [0.15, 0.2) is 0 Å².